The molecule has 16 heavy (non-hydrogen) atoms. The zero-order chi connectivity index (χ0) is 12.1. The molecule has 1 N–H and O–H groups in total. The molecular weight excluding hydrogens is 198 g/mol. The molecule has 1 rings (SSSR count). The summed E-state index contributed by atoms with van der Waals surface area (Å²) in [5.41, 5.74) is 2.61. The van der Waals surface area contributed by atoms with Crippen molar-refractivity contribution in [2.45, 2.75) is 46.6 Å². The van der Waals surface area contributed by atoms with Crippen molar-refractivity contribution in [1.29, 1.82) is 0 Å². The summed E-state index contributed by atoms with van der Waals surface area (Å²) in [4.78, 5) is 0. The van der Waals surface area contributed by atoms with Crippen LogP contribution in [0, 0.1) is 5.92 Å². The van der Waals surface area contributed by atoms with E-state index < -0.39 is 0 Å². The Morgan fingerprint density at radius 3 is 2.56 bits per heavy atom. The molecule has 3 heteroatoms. The monoisotopic (exact) mass is 223 g/mol. The van der Waals surface area contributed by atoms with Crippen molar-refractivity contribution in [3.05, 3.63) is 17.5 Å². The number of aromatic nitrogens is 2. The number of nitrogens with one attached hydrogen (secondary N) is 1. The van der Waals surface area contributed by atoms with Crippen LogP contribution in [0.1, 0.15) is 51.4 Å². The fourth-order valence-corrected chi connectivity index (χ4v) is 2.16. The van der Waals surface area contributed by atoms with Crippen LogP contribution in [0.4, 0.5) is 0 Å². The van der Waals surface area contributed by atoms with Crippen LogP contribution in [0.5, 0.6) is 0 Å². The maximum absolute atomic E-state index is 4.52. The minimum atomic E-state index is 0.452. The maximum Gasteiger partial charge on any atom is 0.0669 e. The van der Waals surface area contributed by atoms with E-state index >= 15 is 0 Å². The molecule has 0 aromatic carbocycles. The predicted molar refractivity (Wildman–Crippen MR) is 68.5 cm³/mol. The van der Waals surface area contributed by atoms with E-state index in [9.17, 15) is 0 Å². The number of hydrogen-bond donors (Lipinski definition) is 1. The van der Waals surface area contributed by atoms with Crippen molar-refractivity contribution in [3.8, 4) is 0 Å². The minimum absolute atomic E-state index is 0.452. The molecular formula is C13H25N3. The highest BCUT2D eigenvalue weighted by molar-refractivity contribution is 5.21. The standard InChI is InChI=1S/C13H25N3/c1-6-12-11(9-16(5)15-12)13(14-7-2)8-10(3)4/h9-10,13-14H,6-8H2,1-5H3. The molecule has 3 nitrogen and oxygen atoms in total. The molecule has 0 aliphatic heterocycles. The number of rotatable bonds is 6. The molecule has 0 aliphatic carbocycles. The molecule has 92 valence electrons. The summed E-state index contributed by atoms with van der Waals surface area (Å²) < 4.78 is 1.93. The van der Waals surface area contributed by atoms with Gasteiger partial charge in [0.15, 0.2) is 0 Å². The highest BCUT2D eigenvalue weighted by Gasteiger charge is 2.17. The summed E-state index contributed by atoms with van der Waals surface area (Å²) in [5.74, 6) is 0.703. The largest absolute Gasteiger partial charge is 0.310 e. The first-order chi connectivity index (χ1) is 7.58. The lowest BCUT2D eigenvalue weighted by Gasteiger charge is -2.19. The van der Waals surface area contributed by atoms with Gasteiger partial charge in [-0.2, -0.15) is 5.10 Å². The molecule has 0 saturated heterocycles. The van der Waals surface area contributed by atoms with Gasteiger partial charge in [-0.05, 0) is 25.3 Å². The van der Waals surface area contributed by atoms with Crippen molar-refractivity contribution in [2.24, 2.45) is 13.0 Å². The lowest BCUT2D eigenvalue weighted by atomic mass is 9.96. The summed E-state index contributed by atoms with van der Waals surface area (Å²) in [6, 6.07) is 0.452. The van der Waals surface area contributed by atoms with E-state index in [0.29, 0.717) is 12.0 Å². The van der Waals surface area contributed by atoms with E-state index in [1.807, 2.05) is 11.7 Å². The summed E-state index contributed by atoms with van der Waals surface area (Å²) >= 11 is 0. The van der Waals surface area contributed by atoms with Crippen molar-refractivity contribution < 1.29 is 0 Å². The van der Waals surface area contributed by atoms with Crippen molar-refractivity contribution in [1.82, 2.24) is 15.1 Å². The van der Waals surface area contributed by atoms with Crippen LogP contribution in [0.15, 0.2) is 6.20 Å². The van der Waals surface area contributed by atoms with Crippen LogP contribution in [-0.4, -0.2) is 16.3 Å². The zero-order valence-electron chi connectivity index (χ0n) is 11.2. The lowest BCUT2D eigenvalue weighted by Crippen LogP contribution is -2.23. The highest BCUT2D eigenvalue weighted by Crippen LogP contribution is 2.24. The van der Waals surface area contributed by atoms with Gasteiger partial charge in [-0.15, -0.1) is 0 Å². The first-order valence-corrected chi connectivity index (χ1v) is 6.34. The Bertz CT molecular complexity index is 315. The Balaban J connectivity index is 2.90. The molecule has 1 unspecified atom stereocenters. The van der Waals surface area contributed by atoms with Gasteiger partial charge < -0.3 is 5.32 Å². The van der Waals surface area contributed by atoms with Crippen molar-refractivity contribution in [3.63, 3.8) is 0 Å². The molecule has 0 fully saturated rings. The van der Waals surface area contributed by atoms with Gasteiger partial charge in [-0.25, -0.2) is 0 Å². The van der Waals surface area contributed by atoms with Gasteiger partial charge in [0, 0.05) is 24.8 Å². The van der Waals surface area contributed by atoms with Crippen molar-refractivity contribution in [2.75, 3.05) is 6.54 Å². The van der Waals surface area contributed by atoms with Gasteiger partial charge in [0.25, 0.3) is 0 Å². The Labute approximate surface area is 99.2 Å². The lowest BCUT2D eigenvalue weighted by molar-refractivity contribution is 0.436. The molecule has 1 aromatic rings. The van der Waals surface area contributed by atoms with Gasteiger partial charge in [-0.3, -0.25) is 4.68 Å². The van der Waals surface area contributed by atoms with E-state index in [2.05, 4.69) is 44.3 Å². The molecule has 0 aliphatic rings. The van der Waals surface area contributed by atoms with E-state index in [1.54, 1.807) is 0 Å². The Hall–Kier alpha value is -0.830. The zero-order valence-corrected chi connectivity index (χ0v) is 11.2. The van der Waals surface area contributed by atoms with Crippen LogP contribution in [0.2, 0.25) is 0 Å². The first kappa shape index (κ1) is 13.2. The summed E-state index contributed by atoms with van der Waals surface area (Å²) in [6.07, 6.45) is 4.34. The Morgan fingerprint density at radius 1 is 1.38 bits per heavy atom. The molecule has 0 bridgehead atoms. The topological polar surface area (TPSA) is 29.9 Å². The van der Waals surface area contributed by atoms with Crippen LogP contribution < -0.4 is 5.32 Å². The summed E-state index contributed by atoms with van der Waals surface area (Å²) in [7, 11) is 2.00. The quantitative estimate of drug-likeness (QED) is 0.803. The average Bonchev–Trinajstić information content (AvgIpc) is 2.58. The fourth-order valence-electron chi connectivity index (χ4n) is 2.16. The van der Waals surface area contributed by atoms with Gasteiger partial charge >= 0.3 is 0 Å². The molecule has 0 spiro atoms. The highest BCUT2D eigenvalue weighted by atomic mass is 15.3. The normalized spacial score (nSPS) is 13.4. The third-order valence-electron chi connectivity index (χ3n) is 2.81. The molecule has 1 atom stereocenters. The van der Waals surface area contributed by atoms with Gasteiger partial charge in [0.2, 0.25) is 0 Å². The third-order valence-corrected chi connectivity index (χ3v) is 2.81. The SMILES string of the molecule is CCNC(CC(C)C)c1cn(C)nc1CC. The van der Waals surface area contributed by atoms with Crippen LogP contribution >= 0.6 is 0 Å². The van der Waals surface area contributed by atoms with Gasteiger partial charge in [0.1, 0.15) is 0 Å². The van der Waals surface area contributed by atoms with Crippen LogP contribution in [-0.2, 0) is 13.5 Å². The molecule has 0 radical (unpaired) electrons. The number of aryl methyl sites for hydroxylation is 2. The Kier molecular flexibility index (Phi) is 5.00. The number of nitrogens with zero attached hydrogens (tertiary/aromatic N) is 2. The van der Waals surface area contributed by atoms with Crippen molar-refractivity contribution >= 4 is 0 Å². The van der Waals surface area contributed by atoms with Gasteiger partial charge in [-0.1, -0.05) is 27.7 Å². The van der Waals surface area contributed by atoms with Crippen LogP contribution in [0.3, 0.4) is 0 Å². The van der Waals surface area contributed by atoms with E-state index in [-0.39, 0.29) is 0 Å². The minimum Gasteiger partial charge on any atom is -0.310 e. The summed E-state index contributed by atoms with van der Waals surface area (Å²) in [5, 5.41) is 8.08. The average molecular weight is 223 g/mol. The second-order valence-corrected chi connectivity index (χ2v) is 4.80. The van der Waals surface area contributed by atoms with E-state index in [4.69, 9.17) is 0 Å². The fraction of sp³-hybridized carbons (Fsp3) is 0.769. The first-order valence-electron chi connectivity index (χ1n) is 6.34. The molecule has 1 aromatic heterocycles. The number of hydrogen-bond acceptors (Lipinski definition) is 2. The Morgan fingerprint density at radius 2 is 2.06 bits per heavy atom. The van der Waals surface area contributed by atoms with E-state index in [0.717, 1.165) is 13.0 Å². The van der Waals surface area contributed by atoms with Crippen LogP contribution in [0.25, 0.3) is 0 Å². The maximum atomic E-state index is 4.52. The molecule has 1 heterocycles. The molecule has 0 saturated carbocycles. The summed E-state index contributed by atoms with van der Waals surface area (Å²) in [6.45, 7) is 9.88. The third kappa shape index (κ3) is 3.34. The van der Waals surface area contributed by atoms with E-state index in [1.165, 1.54) is 17.7 Å². The molecule has 0 amide bonds. The second-order valence-electron chi connectivity index (χ2n) is 4.80. The second kappa shape index (κ2) is 6.04. The van der Waals surface area contributed by atoms with Gasteiger partial charge in [0.05, 0.1) is 5.69 Å². The smallest absolute Gasteiger partial charge is 0.0669 e. The predicted octanol–water partition coefficient (Wildman–Crippen LogP) is 2.68.